The molecule has 0 aromatic heterocycles. The molecule has 2 nitrogen and oxygen atoms in total. The number of benzene rings is 3. The van der Waals surface area contributed by atoms with Gasteiger partial charge in [-0.2, -0.15) is 0 Å². The number of hydrogen-bond donors (Lipinski definition) is 2. The van der Waals surface area contributed by atoms with Crippen LogP contribution in [0.3, 0.4) is 0 Å². The van der Waals surface area contributed by atoms with Crippen LogP contribution in [-0.4, -0.2) is 0 Å². The summed E-state index contributed by atoms with van der Waals surface area (Å²) in [4.78, 5) is 0. The Morgan fingerprint density at radius 3 is 1.18 bits per heavy atom. The third-order valence-electron chi connectivity index (χ3n) is 3.53. The number of halogens is 2. The number of rotatable bonds is 2. The van der Waals surface area contributed by atoms with Crippen LogP contribution in [0.15, 0.2) is 60.7 Å². The molecule has 3 rings (SSSR count). The van der Waals surface area contributed by atoms with Crippen molar-refractivity contribution in [3.05, 3.63) is 72.3 Å². The first-order chi connectivity index (χ1) is 10.5. The summed E-state index contributed by atoms with van der Waals surface area (Å²) in [6.45, 7) is 0. The molecule has 0 aliphatic carbocycles. The first kappa shape index (κ1) is 14.1. The summed E-state index contributed by atoms with van der Waals surface area (Å²) >= 11 is 0. The van der Waals surface area contributed by atoms with Crippen molar-refractivity contribution >= 4 is 11.4 Å². The molecule has 0 saturated carbocycles. The number of nitrogens with two attached hydrogens (primary N) is 2. The first-order valence-electron chi connectivity index (χ1n) is 6.75. The average Bonchev–Trinajstić information content (AvgIpc) is 2.51. The van der Waals surface area contributed by atoms with Crippen molar-refractivity contribution in [2.24, 2.45) is 0 Å². The van der Waals surface area contributed by atoms with Gasteiger partial charge in [-0.15, -0.1) is 0 Å². The van der Waals surface area contributed by atoms with E-state index < -0.39 is 0 Å². The van der Waals surface area contributed by atoms with E-state index in [0.717, 1.165) is 22.3 Å². The average molecular weight is 296 g/mol. The molecule has 110 valence electrons. The lowest BCUT2D eigenvalue weighted by Crippen LogP contribution is -1.97. The van der Waals surface area contributed by atoms with Gasteiger partial charge in [-0.1, -0.05) is 24.3 Å². The lowest BCUT2D eigenvalue weighted by molar-refractivity contribution is 0.627. The van der Waals surface area contributed by atoms with Crippen molar-refractivity contribution in [3.8, 4) is 22.3 Å². The summed E-state index contributed by atoms with van der Waals surface area (Å²) in [5.74, 6) is -0.619. The van der Waals surface area contributed by atoms with E-state index in [0.29, 0.717) is 11.4 Å². The predicted molar refractivity (Wildman–Crippen MR) is 86.1 cm³/mol. The molecule has 0 bridgehead atoms. The summed E-state index contributed by atoms with van der Waals surface area (Å²) in [7, 11) is 0. The number of hydrogen-bond acceptors (Lipinski definition) is 2. The molecule has 3 aromatic rings. The Labute approximate surface area is 127 Å². The molecule has 0 heterocycles. The van der Waals surface area contributed by atoms with Crippen LogP contribution in [0.25, 0.3) is 22.3 Å². The van der Waals surface area contributed by atoms with Crippen LogP contribution >= 0.6 is 0 Å². The largest absolute Gasteiger partial charge is 0.397 e. The van der Waals surface area contributed by atoms with Crippen molar-refractivity contribution in [2.75, 3.05) is 11.5 Å². The zero-order chi connectivity index (χ0) is 15.7. The monoisotopic (exact) mass is 296 g/mol. The molecule has 0 aliphatic rings. The summed E-state index contributed by atoms with van der Waals surface area (Å²) < 4.78 is 26.3. The SMILES string of the molecule is Nc1cc(-c2ccc(F)cc2)c(-c2ccc(F)cc2)cc1N. The maximum Gasteiger partial charge on any atom is 0.123 e. The van der Waals surface area contributed by atoms with Gasteiger partial charge in [0.25, 0.3) is 0 Å². The van der Waals surface area contributed by atoms with Gasteiger partial charge in [0, 0.05) is 0 Å². The molecule has 0 amide bonds. The third kappa shape index (κ3) is 2.63. The lowest BCUT2D eigenvalue weighted by atomic mass is 9.93. The Hall–Kier alpha value is -2.88. The summed E-state index contributed by atoms with van der Waals surface area (Å²) in [6, 6.07) is 15.7. The molecule has 0 atom stereocenters. The lowest BCUT2D eigenvalue weighted by Gasteiger charge is -2.13. The van der Waals surface area contributed by atoms with Crippen LogP contribution in [-0.2, 0) is 0 Å². The maximum atomic E-state index is 13.1. The first-order valence-corrected chi connectivity index (χ1v) is 6.75. The van der Waals surface area contributed by atoms with E-state index in [9.17, 15) is 8.78 Å². The van der Waals surface area contributed by atoms with E-state index in [-0.39, 0.29) is 11.6 Å². The van der Waals surface area contributed by atoms with E-state index in [2.05, 4.69) is 0 Å². The van der Waals surface area contributed by atoms with Crippen LogP contribution in [0, 0.1) is 11.6 Å². The van der Waals surface area contributed by atoms with Gasteiger partial charge >= 0.3 is 0 Å². The molecule has 4 N–H and O–H groups in total. The molecular weight excluding hydrogens is 282 g/mol. The molecule has 0 fully saturated rings. The Balaban J connectivity index is 2.22. The van der Waals surface area contributed by atoms with Gasteiger partial charge in [-0.05, 0) is 58.7 Å². The minimum absolute atomic E-state index is 0.310. The zero-order valence-electron chi connectivity index (χ0n) is 11.7. The minimum Gasteiger partial charge on any atom is -0.397 e. The minimum atomic E-state index is -0.310. The Kier molecular flexibility index (Phi) is 3.51. The second kappa shape index (κ2) is 5.48. The molecule has 0 aliphatic heterocycles. The van der Waals surface area contributed by atoms with Crippen molar-refractivity contribution < 1.29 is 8.78 Å². The third-order valence-corrected chi connectivity index (χ3v) is 3.53. The van der Waals surface area contributed by atoms with Gasteiger partial charge in [-0.25, -0.2) is 8.78 Å². The van der Waals surface area contributed by atoms with Gasteiger partial charge in [0.1, 0.15) is 11.6 Å². The van der Waals surface area contributed by atoms with Crippen LogP contribution in [0.1, 0.15) is 0 Å². The fraction of sp³-hybridized carbons (Fsp3) is 0. The standard InChI is InChI=1S/C18H14F2N2/c19-13-5-1-11(2-6-13)15-9-17(21)18(22)10-16(15)12-3-7-14(20)8-4-12/h1-10H,21-22H2. The van der Waals surface area contributed by atoms with E-state index in [1.165, 1.54) is 24.3 Å². The molecule has 0 radical (unpaired) electrons. The van der Waals surface area contributed by atoms with Crippen molar-refractivity contribution in [1.82, 2.24) is 0 Å². The van der Waals surface area contributed by atoms with Crippen molar-refractivity contribution in [3.63, 3.8) is 0 Å². The molecule has 0 saturated heterocycles. The van der Waals surface area contributed by atoms with Crippen LogP contribution < -0.4 is 11.5 Å². The van der Waals surface area contributed by atoms with Crippen molar-refractivity contribution in [1.29, 1.82) is 0 Å². The highest BCUT2D eigenvalue weighted by Crippen LogP contribution is 2.36. The van der Waals surface area contributed by atoms with E-state index in [1.54, 1.807) is 36.4 Å². The normalized spacial score (nSPS) is 10.6. The Morgan fingerprint density at radius 2 is 0.864 bits per heavy atom. The molecule has 22 heavy (non-hydrogen) atoms. The zero-order valence-corrected chi connectivity index (χ0v) is 11.7. The van der Waals surface area contributed by atoms with E-state index in [4.69, 9.17) is 11.5 Å². The molecule has 0 spiro atoms. The van der Waals surface area contributed by atoms with Gasteiger partial charge in [0.05, 0.1) is 11.4 Å². The predicted octanol–water partition coefficient (Wildman–Crippen LogP) is 4.46. The molecule has 4 heteroatoms. The fourth-order valence-electron chi connectivity index (χ4n) is 2.37. The second-order valence-electron chi connectivity index (χ2n) is 5.04. The smallest absolute Gasteiger partial charge is 0.123 e. The van der Waals surface area contributed by atoms with Crippen molar-refractivity contribution in [2.45, 2.75) is 0 Å². The molecule has 0 unspecified atom stereocenters. The fourth-order valence-corrected chi connectivity index (χ4v) is 2.37. The number of nitrogen functional groups attached to an aromatic ring is 2. The maximum absolute atomic E-state index is 13.1. The van der Waals surface area contributed by atoms with Crippen LogP contribution in [0.2, 0.25) is 0 Å². The quantitative estimate of drug-likeness (QED) is 0.686. The Bertz CT molecular complexity index is 739. The highest BCUT2D eigenvalue weighted by Gasteiger charge is 2.11. The van der Waals surface area contributed by atoms with Crippen LogP contribution in [0.4, 0.5) is 20.2 Å². The highest BCUT2D eigenvalue weighted by molar-refractivity contribution is 5.89. The van der Waals surface area contributed by atoms with Crippen LogP contribution in [0.5, 0.6) is 0 Å². The van der Waals surface area contributed by atoms with Gasteiger partial charge < -0.3 is 11.5 Å². The van der Waals surface area contributed by atoms with E-state index in [1.807, 2.05) is 0 Å². The Morgan fingerprint density at radius 1 is 0.545 bits per heavy atom. The second-order valence-corrected chi connectivity index (χ2v) is 5.04. The summed E-state index contributed by atoms with van der Waals surface area (Å²) in [6.07, 6.45) is 0. The molecular formula is C18H14F2N2. The highest BCUT2D eigenvalue weighted by atomic mass is 19.1. The molecule has 3 aromatic carbocycles. The summed E-state index contributed by atoms with van der Waals surface area (Å²) in [5, 5.41) is 0. The number of anilines is 2. The topological polar surface area (TPSA) is 52.0 Å². The van der Waals surface area contributed by atoms with Gasteiger partial charge in [0.15, 0.2) is 0 Å². The van der Waals surface area contributed by atoms with Gasteiger partial charge in [-0.3, -0.25) is 0 Å². The van der Waals surface area contributed by atoms with Gasteiger partial charge in [0.2, 0.25) is 0 Å². The van der Waals surface area contributed by atoms with E-state index >= 15 is 0 Å². The summed E-state index contributed by atoms with van der Waals surface area (Å²) in [5.41, 5.74) is 16.0.